The fourth-order valence-electron chi connectivity index (χ4n) is 5.37. The fourth-order valence-corrected chi connectivity index (χ4v) is 5.37. The molecule has 1 aliphatic carbocycles. The normalized spacial score (nSPS) is 25.3. The molecule has 1 saturated heterocycles. The van der Waals surface area contributed by atoms with E-state index in [1.165, 1.54) is 43.2 Å². The predicted octanol–water partition coefficient (Wildman–Crippen LogP) is 6.70. The SMILES string of the molecule is CCCCCCC[C@@H]1C[C@@H]2COC[C@@]1(C=C(c1ccccc1)c1ccccc1)C2=O. The van der Waals surface area contributed by atoms with E-state index in [4.69, 9.17) is 4.74 Å². The summed E-state index contributed by atoms with van der Waals surface area (Å²) in [5.41, 5.74) is 3.02. The van der Waals surface area contributed by atoms with Crippen LogP contribution in [0.2, 0.25) is 0 Å². The second-order valence-electron chi connectivity index (χ2n) is 9.04. The quantitative estimate of drug-likeness (QED) is 0.436. The summed E-state index contributed by atoms with van der Waals surface area (Å²) in [4.78, 5) is 13.5. The first-order valence-corrected chi connectivity index (χ1v) is 11.7. The number of hydrogen-bond donors (Lipinski definition) is 0. The molecule has 0 aromatic heterocycles. The summed E-state index contributed by atoms with van der Waals surface area (Å²) in [6.45, 7) is 3.39. The molecule has 0 unspecified atom stereocenters. The van der Waals surface area contributed by atoms with Gasteiger partial charge in [-0.15, -0.1) is 0 Å². The number of rotatable bonds is 9. The first-order chi connectivity index (χ1) is 14.7. The van der Waals surface area contributed by atoms with Crippen LogP contribution in [0.3, 0.4) is 0 Å². The van der Waals surface area contributed by atoms with E-state index in [-0.39, 0.29) is 5.92 Å². The summed E-state index contributed by atoms with van der Waals surface area (Å²) < 4.78 is 6.01. The first-order valence-electron chi connectivity index (χ1n) is 11.7. The Bertz CT molecular complexity index is 813. The zero-order valence-electron chi connectivity index (χ0n) is 18.2. The van der Waals surface area contributed by atoms with Gasteiger partial charge < -0.3 is 4.74 Å². The standard InChI is InChI=1S/C28H34O2/c1-2-3-4-5-12-17-25-18-24-20-30-21-28(25,27(24)29)19-26(22-13-8-6-9-14-22)23-15-10-7-11-16-23/h6-11,13-16,19,24-25H,2-5,12,17-18,20-21H2,1H3/t24-,25-,28-/m1/s1. The highest BCUT2D eigenvalue weighted by molar-refractivity contribution is 5.95. The maximum Gasteiger partial charge on any atom is 0.150 e. The van der Waals surface area contributed by atoms with Crippen LogP contribution in [0.15, 0.2) is 66.7 Å². The molecule has 4 rings (SSSR count). The minimum absolute atomic E-state index is 0.0726. The van der Waals surface area contributed by atoms with E-state index in [1.807, 2.05) is 12.1 Å². The van der Waals surface area contributed by atoms with Crippen molar-refractivity contribution in [1.29, 1.82) is 0 Å². The highest BCUT2D eigenvalue weighted by Gasteiger charge is 2.55. The van der Waals surface area contributed by atoms with Gasteiger partial charge in [0.1, 0.15) is 0 Å². The Morgan fingerprint density at radius 2 is 1.60 bits per heavy atom. The van der Waals surface area contributed by atoms with Crippen molar-refractivity contribution in [3.63, 3.8) is 0 Å². The minimum atomic E-state index is -0.477. The maximum atomic E-state index is 13.5. The Kier molecular flexibility index (Phi) is 6.84. The van der Waals surface area contributed by atoms with Gasteiger partial charge in [-0.05, 0) is 35.5 Å². The lowest BCUT2D eigenvalue weighted by Crippen LogP contribution is -2.41. The Balaban J connectivity index is 1.69. The van der Waals surface area contributed by atoms with E-state index in [2.05, 4.69) is 61.5 Å². The van der Waals surface area contributed by atoms with Crippen molar-refractivity contribution in [2.75, 3.05) is 13.2 Å². The monoisotopic (exact) mass is 402 g/mol. The van der Waals surface area contributed by atoms with E-state index < -0.39 is 5.41 Å². The number of ether oxygens (including phenoxy) is 1. The van der Waals surface area contributed by atoms with E-state index >= 15 is 0 Å². The van der Waals surface area contributed by atoms with Crippen LogP contribution in [0.1, 0.15) is 63.0 Å². The van der Waals surface area contributed by atoms with E-state index in [0.717, 1.165) is 18.4 Å². The molecule has 3 atom stereocenters. The molecule has 0 spiro atoms. The molecule has 2 nitrogen and oxygen atoms in total. The lowest BCUT2D eigenvalue weighted by molar-refractivity contribution is -0.138. The molecule has 2 bridgehead atoms. The van der Waals surface area contributed by atoms with E-state index in [0.29, 0.717) is 24.9 Å². The van der Waals surface area contributed by atoms with Crippen molar-refractivity contribution in [3.8, 4) is 0 Å². The van der Waals surface area contributed by atoms with Crippen molar-refractivity contribution in [1.82, 2.24) is 0 Å². The zero-order valence-corrected chi connectivity index (χ0v) is 18.2. The van der Waals surface area contributed by atoms with Crippen molar-refractivity contribution in [2.24, 2.45) is 17.3 Å². The second-order valence-corrected chi connectivity index (χ2v) is 9.04. The topological polar surface area (TPSA) is 26.3 Å². The van der Waals surface area contributed by atoms with Gasteiger partial charge in [0.25, 0.3) is 0 Å². The molecule has 2 aromatic rings. The summed E-state index contributed by atoms with van der Waals surface area (Å²) in [5.74, 6) is 0.877. The zero-order chi connectivity index (χ0) is 20.8. The van der Waals surface area contributed by atoms with Gasteiger partial charge in [-0.3, -0.25) is 4.79 Å². The van der Waals surface area contributed by atoms with Crippen LogP contribution in [0.5, 0.6) is 0 Å². The summed E-state index contributed by atoms with van der Waals surface area (Å²) in [7, 11) is 0. The molecule has 2 fully saturated rings. The van der Waals surface area contributed by atoms with Crippen LogP contribution in [0.25, 0.3) is 5.57 Å². The lowest BCUT2D eigenvalue weighted by Gasteiger charge is -2.34. The smallest absolute Gasteiger partial charge is 0.150 e. The Morgan fingerprint density at radius 3 is 2.23 bits per heavy atom. The van der Waals surface area contributed by atoms with Gasteiger partial charge in [-0.2, -0.15) is 0 Å². The van der Waals surface area contributed by atoms with Gasteiger partial charge in [-0.1, -0.05) is 106 Å². The number of unbranched alkanes of at least 4 members (excludes halogenated alkanes) is 4. The molecular formula is C28H34O2. The van der Waals surface area contributed by atoms with Crippen LogP contribution in [0.4, 0.5) is 0 Å². The summed E-state index contributed by atoms with van der Waals surface area (Å²) in [6, 6.07) is 21.0. The highest BCUT2D eigenvalue weighted by atomic mass is 16.5. The largest absolute Gasteiger partial charge is 0.379 e. The molecule has 2 aromatic carbocycles. The average Bonchev–Trinajstić information content (AvgIpc) is 2.93. The Hall–Kier alpha value is -2.19. The predicted molar refractivity (Wildman–Crippen MR) is 123 cm³/mol. The molecular weight excluding hydrogens is 368 g/mol. The molecule has 30 heavy (non-hydrogen) atoms. The Labute approximate surface area is 181 Å². The van der Waals surface area contributed by atoms with Gasteiger partial charge in [-0.25, -0.2) is 0 Å². The van der Waals surface area contributed by atoms with Crippen molar-refractivity contribution < 1.29 is 9.53 Å². The first kappa shape index (κ1) is 21.1. The Morgan fingerprint density at radius 1 is 0.967 bits per heavy atom. The molecule has 158 valence electrons. The van der Waals surface area contributed by atoms with Crippen molar-refractivity contribution in [3.05, 3.63) is 77.9 Å². The number of carbonyl (C=O) groups excluding carboxylic acids is 1. The van der Waals surface area contributed by atoms with Crippen LogP contribution >= 0.6 is 0 Å². The molecule has 1 heterocycles. The number of hydrogen-bond acceptors (Lipinski definition) is 2. The van der Waals surface area contributed by atoms with Crippen LogP contribution in [-0.4, -0.2) is 19.0 Å². The fraction of sp³-hybridized carbons (Fsp3) is 0.464. The maximum absolute atomic E-state index is 13.5. The molecule has 1 aliphatic heterocycles. The molecule has 0 amide bonds. The number of fused-ring (bicyclic) bond motifs is 2. The summed E-state index contributed by atoms with van der Waals surface area (Å²) in [5, 5.41) is 0. The number of ketones is 1. The minimum Gasteiger partial charge on any atom is -0.379 e. The lowest BCUT2D eigenvalue weighted by atomic mass is 9.72. The third kappa shape index (κ3) is 4.30. The number of benzene rings is 2. The molecule has 0 radical (unpaired) electrons. The van der Waals surface area contributed by atoms with Gasteiger partial charge in [0, 0.05) is 5.92 Å². The van der Waals surface area contributed by atoms with Crippen LogP contribution in [-0.2, 0) is 9.53 Å². The molecule has 2 aliphatic rings. The van der Waals surface area contributed by atoms with E-state index in [1.54, 1.807) is 0 Å². The van der Waals surface area contributed by atoms with Crippen molar-refractivity contribution in [2.45, 2.75) is 51.9 Å². The molecule has 1 saturated carbocycles. The van der Waals surface area contributed by atoms with Gasteiger partial charge in [0.15, 0.2) is 5.78 Å². The van der Waals surface area contributed by atoms with Crippen LogP contribution < -0.4 is 0 Å². The molecule has 0 N–H and O–H groups in total. The highest BCUT2D eigenvalue weighted by Crippen LogP contribution is 2.51. The van der Waals surface area contributed by atoms with Gasteiger partial charge >= 0.3 is 0 Å². The van der Waals surface area contributed by atoms with Crippen molar-refractivity contribution >= 4 is 11.4 Å². The molecule has 2 heteroatoms. The van der Waals surface area contributed by atoms with E-state index in [9.17, 15) is 4.79 Å². The second kappa shape index (κ2) is 9.75. The number of Topliss-reactive ketones (excluding diaryl/α,β-unsaturated/α-hetero) is 1. The summed E-state index contributed by atoms with van der Waals surface area (Å²) in [6.07, 6.45) is 10.8. The third-order valence-electron chi connectivity index (χ3n) is 7.01. The van der Waals surface area contributed by atoms with Gasteiger partial charge in [0.2, 0.25) is 0 Å². The third-order valence-corrected chi connectivity index (χ3v) is 7.01. The number of carbonyl (C=O) groups is 1. The van der Waals surface area contributed by atoms with Crippen LogP contribution in [0, 0.1) is 17.3 Å². The van der Waals surface area contributed by atoms with Gasteiger partial charge in [0.05, 0.1) is 18.6 Å². The average molecular weight is 403 g/mol. The summed E-state index contributed by atoms with van der Waals surface area (Å²) >= 11 is 0.